The van der Waals surface area contributed by atoms with E-state index in [0.717, 1.165) is 16.7 Å². The number of benzene rings is 3. The van der Waals surface area contributed by atoms with Crippen LogP contribution in [-0.2, 0) is 44.4 Å². The third-order valence-corrected chi connectivity index (χ3v) is 7.38. The van der Waals surface area contributed by atoms with Crippen LogP contribution >= 0.6 is 0 Å². The number of ether oxygens (including phenoxy) is 4. The molecule has 1 aliphatic heterocycles. The highest BCUT2D eigenvalue weighted by Gasteiger charge is 2.60. The minimum absolute atomic E-state index is 0.184. The fourth-order valence-corrected chi connectivity index (χ4v) is 5.32. The Balaban J connectivity index is 1.37. The molecular weight excluding hydrogens is 530 g/mol. The van der Waals surface area contributed by atoms with Gasteiger partial charge >= 0.3 is 0 Å². The Morgan fingerprint density at radius 3 is 2.02 bits per heavy atom. The SMILES string of the molecule is N#C[C@@]1(c2ccc3c(N)ncnn23)OC(COCc2ccccc2)[C@@H](OCc2ccccc2)[C@H]1OCc1ccccc1. The number of rotatable bonds is 11. The fraction of sp³-hybridized carbons (Fsp3) is 0.242. The van der Waals surface area contributed by atoms with Crippen molar-refractivity contribution in [3.8, 4) is 6.07 Å². The van der Waals surface area contributed by atoms with Crippen molar-refractivity contribution in [2.24, 2.45) is 0 Å². The zero-order chi connectivity index (χ0) is 28.8. The van der Waals surface area contributed by atoms with E-state index < -0.39 is 23.9 Å². The number of hydrogen-bond donors (Lipinski definition) is 1. The molecule has 0 saturated carbocycles. The van der Waals surface area contributed by atoms with Crippen molar-refractivity contribution in [2.45, 2.75) is 43.7 Å². The standard InChI is InChI=1S/C33H31N5O4/c34-22-33(29-17-16-27-32(35)36-23-37-38(27)29)31(41-20-26-14-8-3-9-15-26)30(40-19-25-12-6-2-7-13-25)28(42-33)21-39-18-24-10-4-1-5-11-24/h1-17,23,28,30-31H,18-21H2,(H2,35,36,37)/t28?,30-,31-,33+/m1/s1. The molecule has 0 aliphatic carbocycles. The van der Waals surface area contributed by atoms with Crippen molar-refractivity contribution < 1.29 is 18.9 Å². The molecule has 9 heteroatoms. The van der Waals surface area contributed by atoms with Gasteiger partial charge in [-0.1, -0.05) is 91.0 Å². The molecule has 42 heavy (non-hydrogen) atoms. The van der Waals surface area contributed by atoms with Gasteiger partial charge in [-0.2, -0.15) is 10.4 Å². The topological polar surface area (TPSA) is 117 Å². The van der Waals surface area contributed by atoms with Gasteiger partial charge < -0.3 is 24.7 Å². The van der Waals surface area contributed by atoms with Gasteiger partial charge in [0, 0.05) is 0 Å². The predicted octanol–water partition coefficient (Wildman–Crippen LogP) is 4.82. The summed E-state index contributed by atoms with van der Waals surface area (Å²) >= 11 is 0. The zero-order valence-electron chi connectivity index (χ0n) is 23.0. The maximum Gasteiger partial charge on any atom is 0.225 e. The molecule has 4 atom stereocenters. The molecule has 0 amide bonds. The van der Waals surface area contributed by atoms with Crippen molar-refractivity contribution in [1.82, 2.24) is 14.6 Å². The van der Waals surface area contributed by atoms with Crippen LogP contribution in [0.1, 0.15) is 22.4 Å². The van der Waals surface area contributed by atoms with Gasteiger partial charge in [-0.3, -0.25) is 0 Å². The minimum atomic E-state index is -1.58. The smallest absolute Gasteiger partial charge is 0.225 e. The van der Waals surface area contributed by atoms with Gasteiger partial charge in [0.05, 0.1) is 32.1 Å². The van der Waals surface area contributed by atoms with Gasteiger partial charge in [-0.15, -0.1) is 0 Å². The quantitative estimate of drug-likeness (QED) is 0.244. The Hall–Kier alpha value is -4.59. The second-order valence-electron chi connectivity index (χ2n) is 10.1. The van der Waals surface area contributed by atoms with Crippen LogP contribution in [0.15, 0.2) is 109 Å². The Labute approximate surface area is 244 Å². The van der Waals surface area contributed by atoms with E-state index in [9.17, 15) is 5.26 Å². The minimum Gasteiger partial charge on any atom is -0.382 e. The Bertz CT molecular complexity index is 1640. The highest BCUT2D eigenvalue weighted by molar-refractivity contribution is 5.66. The maximum atomic E-state index is 10.9. The normalized spacial score (nSPS) is 21.8. The number of fused-ring (bicyclic) bond motifs is 1. The van der Waals surface area contributed by atoms with E-state index in [1.165, 1.54) is 6.33 Å². The van der Waals surface area contributed by atoms with Crippen molar-refractivity contribution in [2.75, 3.05) is 12.3 Å². The first-order valence-corrected chi connectivity index (χ1v) is 13.8. The molecule has 1 unspecified atom stereocenters. The molecule has 1 aliphatic rings. The highest BCUT2D eigenvalue weighted by Crippen LogP contribution is 2.44. The first-order valence-electron chi connectivity index (χ1n) is 13.8. The lowest BCUT2D eigenvalue weighted by Gasteiger charge is -2.29. The monoisotopic (exact) mass is 561 g/mol. The first-order chi connectivity index (χ1) is 20.7. The van der Waals surface area contributed by atoms with Gasteiger partial charge in [0.25, 0.3) is 0 Å². The number of nitriles is 1. The van der Waals surface area contributed by atoms with Crippen LogP contribution < -0.4 is 5.73 Å². The van der Waals surface area contributed by atoms with E-state index in [1.54, 1.807) is 16.6 Å². The Morgan fingerprint density at radius 2 is 1.40 bits per heavy atom. The van der Waals surface area contributed by atoms with Gasteiger partial charge in [-0.05, 0) is 28.8 Å². The lowest BCUT2D eigenvalue weighted by atomic mass is 9.92. The molecule has 0 radical (unpaired) electrons. The predicted molar refractivity (Wildman–Crippen MR) is 156 cm³/mol. The molecule has 2 aromatic heterocycles. The van der Waals surface area contributed by atoms with E-state index in [1.807, 2.05) is 91.0 Å². The summed E-state index contributed by atoms with van der Waals surface area (Å²) in [7, 11) is 0. The fourth-order valence-electron chi connectivity index (χ4n) is 5.32. The summed E-state index contributed by atoms with van der Waals surface area (Å²) in [6, 6.07) is 35.6. The number of aromatic nitrogens is 3. The average molecular weight is 562 g/mol. The average Bonchev–Trinajstić information content (AvgIpc) is 3.61. The third-order valence-electron chi connectivity index (χ3n) is 7.38. The van der Waals surface area contributed by atoms with Crippen molar-refractivity contribution >= 4 is 11.3 Å². The van der Waals surface area contributed by atoms with Crippen LogP contribution in [-0.4, -0.2) is 39.5 Å². The molecular formula is C33H31N5O4. The van der Waals surface area contributed by atoms with Crippen LogP contribution in [0, 0.1) is 11.3 Å². The molecule has 3 aromatic carbocycles. The zero-order valence-corrected chi connectivity index (χ0v) is 23.0. The van der Waals surface area contributed by atoms with Crippen LogP contribution in [0.2, 0.25) is 0 Å². The van der Waals surface area contributed by atoms with Crippen molar-refractivity contribution in [3.05, 3.63) is 132 Å². The molecule has 3 heterocycles. The summed E-state index contributed by atoms with van der Waals surface area (Å²) in [6.07, 6.45) is -0.738. The van der Waals surface area contributed by atoms with Crippen molar-refractivity contribution in [3.63, 3.8) is 0 Å². The Morgan fingerprint density at radius 1 is 0.810 bits per heavy atom. The largest absolute Gasteiger partial charge is 0.382 e. The highest BCUT2D eigenvalue weighted by atomic mass is 16.6. The number of nitrogen functional groups attached to an aromatic ring is 1. The summed E-state index contributed by atoms with van der Waals surface area (Å²) in [5.41, 5.74) is 8.59. The van der Waals surface area contributed by atoms with E-state index in [2.05, 4.69) is 16.2 Å². The molecule has 2 N–H and O–H groups in total. The molecule has 1 saturated heterocycles. The van der Waals surface area contributed by atoms with Gasteiger partial charge in [0.15, 0.2) is 5.82 Å². The number of anilines is 1. The molecule has 5 aromatic rings. The molecule has 9 nitrogen and oxygen atoms in total. The van der Waals surface area contributed by atoms with Crippen LogP contribution in [0.25, 0.3) is 5.52 Å². The van der Waals surface area contributed by atoms with Gasteiger partial charge in [0.1, 0.15) is 36.2 Å². The summed E-state index contributed by atoms with van der Waals surface area (Å²) in [6.45, 7) is 1.13. The molecule has 0 bridgehead atoms. The molecule has 212 valence electrons. The second kappa shape index (κ2) is 12.5. The Kier molecular flexibility index (Phi) is 8.21. The van der Waals surface area contributed by atoms with E-state index in [-0.39, 0.29) is 13.2 Å². The summed E-state index contributed by atoms with van der Waals surface area (Å²) in [5.74, 6) is 0.295. The lowest BCUT2D eigenvalue weighted by Crippen LogP contribution is -2.44. The molecule has 1 fully saturated rings. The molecule has 6 rings (SSSR count). The number of hydrogen-bond acceptors (Lipinski definition) is 8. The summed E-state index contributed by atoms with van der Waals surface area (Å²) in [4.78, 5) is 4.10. The lowest BCUT2D eigenvalue weighted by molar-refractivity contribution is -0.0971. The van der Waals surface area contributed by atoms with Gasteiger partial charge in [0.2, 0.25) is 5.60 Å². The van der Waals surface area contributed by atoms with Gasteiger partial charge in [-0.25, -0.2) is 9.50 Å². The van der Waals surface area contributed by atoms with Crippen molar-refractivity contribution in [1.29, 1.82) is 5.26 Å². The number of nitrogens with zero attached hydrogens (tertiary/aromatic N) is 4. The van der Waals surface area contributed by atoms with E-state index in [0.29, 0.717) is 30.2 Å². The molecule has 0 spiro atoms. The van der Waals surface area contributed by atoms with Crippen LogP contribution in [0.4, 0.5) is 5.82 Å². The summed E-state index contributed by atoms with van der Waals surface area (Å²) < 4.78 is 27.5. The van der Waals surface area contributed by atoms with Crippen LogP contribution in [0.5, 0.6) is 0 Å². The summed E-state index contributed by atoms with van der Waals surface area (Å²) in [5, 5.41) is 15.3. The van der Waals surface area contributed by atoms with Crippen LogP contribution in [0.3, 0.4) is 0 Å². The third kappa shape index (κ3) is 5.62. The number of nitrogens with two attached hydrogens (primary N) is 1. The maximum absolute atomic E-state index is 10.9. The second-order valence-corrected chi connectivity index (χ2v) is 10.1. The van der Waals surface area contributed by atoms with E-state index in [4.69, 9.17) is 24.7 Å². The first kappa shape index (κ1) is 27.6. The van der Waals surface area contributed by atoms with E-state index >= 15 is 0 Å².